The first-order valence-electron chi connectivity index (χ1n) is 11.2. The fourth-order valence-corrected chi connectivity index (χ4v) is 5.53. The summed E-state index contributed by atoms with van der Waals surface area (Å²) in [7, 11) is -4.04. The van der Waals surface area contributed by atoms with E-state index in [1.807, 2.05) is 4.72 Å². The second kappa shape index (κ2) is 9.25. The summed E-state index contributed by atoms with van der Waals surface area (Å²) in [5.74, 6) is -9.45. The Hall–Kier alpha value is -3.60. The number of aromatic nitrogens is 1. The number of fused-ring (bicyclic) bond motifs is 2. The summed E-state index contributed by atoms with van der Waals surface area (Å²) in [5.41, 5.74) is -1.84. The summed E-state index contributed by atoms with van der Waals surface area (Å²) in [6.07, 6.45) is 0. The van der Waals surface area contributed by atoms with Crippen molar-refractivity contribution < 1.29 is 53.2 Å². The van der Waals surface area contributed by atoms with Crippen LogP contribution in [0.15, 0.2) is 28.8 Å². The number of hydrogen-bond donors (Lipinski definition) is 1. The molecule has 210 valence electrons. The molecule has 39 heavy (non-hydrogen) atoms. The van der Waals surface area contributed by atoms with E-state index in [4.69, 9.17) is 4.52 Å². The molecule has 9 nitrogen and oxygen atoms in total. The molecule has 2 aliphatic rings. The number of carbonyl (C=O) groups is 1. The average Bonchev–Trinajstić information content (AvgIpc) is 3.45. The highest BCUT2D eigenvalue weighted by atomic mass is 32.2. The number of nitrogens with zero attached hydrogens (tertiary/aromatic N) is 3. The van der Waals surface area contributed by atoms with E-state index in [0.717, 1.165) is 21.9 Å². The summed E-state index contributed by atoms with van der Waals surface area (Å²) in [5, 5.41) is 3.33. The number of alkyl halides is 4. The Kier molecular flexibility index (Phi) is 6.40. The van der Waals surface area contributed by atoms with Gasteiger partial charge in [-0.1, -0.05) is 5.16 Å². The first-order chi connectivity index (χ1) is 18.2. The molecule has 2 amide bonds. The molecular weight excluding hydrogens is 565 g/mol. The van der Waals surface area contributed by atoms with Crippen LogP contribution in [0, 0.1) is 17.5 Å². The van der Waals surface area contributed by atoms with Gasteiger partial charge in [-0.25, -0.2) is 39.9 Å². The van der Waals surface area contributed by atoms with E-state index in [-0.39, 0.29) is 5.39 Å². The van der Waals surface area contributed by atoms with E-state index in [0.29, 0.717) is 12.1 Å². The molecule has 0 saturated carbocycles. The Morgan fingerprint density at radius 3 is 2.41 bits per heavy atom. The molecule has 0 unspecified atom stereocenters. The number of rotatable bonds is 7. The van der Waals surface area contributed by atoms with Gasteiger partial charge >= 0.3 is 12.6 Å². The van der Waals surface area contributed by atoms with Crippen molar-refractivity contribution in [1.82, 2.24) is 14.8 Å². The fraction of sp³-hybridized carbons (Fsp3) is 0.364. The monoisotopic (exact) mass is 582 g/mol. The molecule has 0 radical (unpaired) electrons. The summed E-state index contributed by atoms with van der Waals surface area (Å²) in [4.78, 5) is 14.6. The molecule has 1 N–H and O–H groups in total. The molecule has 2 aliphatic heterocycles. The van der Waals surface area contributed by atoms with Gasteiger partial charge in [-0.15, -0.1) is 0 Å². The molecule has 17 heteroatoms. The van der Waals surface area contributed by atoms with E-state index < -0.39 is 105 Å². The lowest BCUT2D eigenvalue weighted by Gasteiger charge is -2.23. The minimum absolute atomic E-state index is 0.327. The second-order valence-corrected chi connectivity index (χ2v) is 10.8. The third-order valence-electron chi connectivity index (χ3n) is 6.49. The van der Waals surface area contributed by atoms with Crippen molar-refractivity contribution in [3.8, 4) is 16.9 Å². The summed E-state index contributed by atoms with van der Waals surface area (Å²) >= 11 is 0. The maximum Gasteiger partial charge on any atom is 0.387 e. The van der Waals surface area contributed by atoms with Crippen LogP contribution in [0.2, 0.25) is 0 Å². The number of ether oxygens (including phenoxy) is 1. The van der Waals surface area contributed by atoms with Gasteiger partial charge in [0.25, 0.3) is 5.92 Å². The predicted octanol–water partition coefficient (Wildman–Crippen LogP) is 4.08. The minimum Gasteiger partial charge on any atom is -0.435 e. The summed E-state index contributed by atoms with van der Waals surface area (Å²) in [6, 6.07) is -2.45. The molecule has 3 aromatic rings. The maximum atomic E-state index is 15.2. The normalized spacial score (nSPS) is 20.9. The lowest BCUT2D eigenvalue weighted by Crippen LogP contribution is -2.51. The Morgan fingerprint density at radius 2 is 1.82 bits per heavy atom. The molecule has 0 spiro atoms. The number of urea groups is 1. The number of amides is 2. The molecule has 0 aliphatic carbocycles. The molecule has 0 bridgehead atoms. The van der Waals surface area contributed by atoms with Gasteiger partial charge in [0.1, 0.15) is 35.3 Å². The van der Waals surface area contributed by atoms with Crippen molar-refractivity contribution in [1.29, 1.82) is 0 Å². The number of benzene rings is 2. The zero-order valence-corrected chi connectivity index (χ0v) is 20.4. The lowest BCUT2D eigenvalue weighted by atomic mass is 9.99. The van der Waals surface area contributed by atoms with E-state index in [1.54, 1.807) is 0 Å². The first kappa shape index (κ1) is 27.0. The quantitative estimate of drug-likeness (QED) is 0.421. The summed E-state index contributed by atoms with van der Waals surface area (Å²) < 4.78 is 134. The van der Waals surface area contributed by atoms with Crippen LogP contribution in [0.25, 0.3) is 22.1 Å². The highest BCUT2D eigenvalue weighted by Gasteiger charge is 2.63. The van der Waals surface area contributed by atoms with Crippen LogP contribution in [-0.4, -0.2) is 68.0 Å². The van der Waals surface area contributed by atoms with Crippen molar-refractivity contribution >= 4 is 32.8 Å². The average molecular weight is 582 g/mol. The molecule has 2 atom stereocenters. The Balaban J connectivity index is 1.60. The zero-order valence-electron chi connectivity index (χ0n) is 19.6. The highest BCUT2D eigenvalue weighted by Crippen LogP contribution is 2.45. The van der Waals surface area contributed by atoms with Crippen molar-refractivity contribution in [3.05, 3.63) is 41.7 Å². The van der Waals surface area contributed by atoms with Crippen molar-refractivity contribution in [2.45, 2.75) is 31.5 Å². The molecule has 2 fully saturated rings. The number of sulfonamides is 1. The number of hydrogen-bond acceptors (Lipinski definition) is 6. The van der Waals surface area contributed by atoms with E-state index in [1.165, 1.54) is 6.92 Å². The zero-order chi connectivity index (χ0) is 28.4. The third-order valence-corrected chi connectivity index (χ3v) is 7.89. The first-order valence-corrected chi connectivity index (χ1v) is 12.9. The van der Waals surface area contributed by atoms with E-state index >= 15 is 8.78 Å². The van der Waals surface area contributed by atoms with Gasteiger partial charge in [0.05, 0.1) is 23.2 Å². The molecular formula is C22H17F7N4O5S. The third kappa shape index (κ3) is 4.52. The van der Waals surface area contributed by atoms with E-state index in [2.05, 4.69) is 9.89 Å². The van der Waals surface area contributed by atoms with Crippen LogP contribution in [0.4, 0.5) is 41.3 Å². The second-order valence-electron chi connectivity index (χ2n) is 8.78. The van der Waals surface area contributed by atoms with Crippen LogP contribution in [0.1, 0.15) is 6.92 Å². The fourth-order valence-electron chi connectivity index (χ4n) is 4.70. The number of anilines is 1. The van der Waals surface area contributed by atoms with Gasteiger partial charge in [-0.05, 0) is 13.0 Å². The van der Waals surface area contributed by atoms with Gasteiger partial charge in [0.15, 0.2) is 11.4 Å². The Bertz CT molecular complexity index is 1560. The van der Waals surface area contributed by atoms with Crippen LogP contribution in [0.3, 0.4) is 0 Å². The smallest absolute Gasteiger partial charge is 0.387 e. The van der Waals surface area contributed by atoms with Crippen molar-refractivity contribution in [3.63, 3.8) is 0 Å². The number of carbonyl (C=O) groups excluding carboxylic acids is 1. The largest absolute Gasteiger partial charge is 0.435 e. The van der Waals surface area contributed by atoms with Gasteiger partial charge in [0, 0.05) is 30.3 Å². The van der Waals surface area contributed by atoms with Gasteiger partial charge in [0.2, 0.25) is 10.0 Å². The molecule has 5 rings (SSSR count). The summed E-state index contributed by atoms with van der Waals surface area (Å²) in [6.45, 7) is -3.53. The van der Waals surface area contributed by atoms with E-state index in [9.17, 15) is 35.2 Å². The highest BCUT2D eigenvalue weighted by molar-refractivity contribution is 7.89. The van der Waals surface area contributed by atoms with Gasteiger partial charge < -0.3 is 14.2 Å². The van der Waals surface area contributed by atoms with Crippen LogP contribution in [-0.2, 0) is 10.0 Å². The SMILES string of the molecule is CCS(=O)(=O)N[C@@H]1CN2C(=O)N(c3noc4cc(OC(F)F)cc(-c5c(F)cc(F)cc5F)c34)C[C@@H]2C1(F)F. The molecule has 3 heterocycles. The number of halogens is 7. The van der Waals surface area contributed by atoms with Gasteiger partial charge in [-0.3, -0.25) is 4.90 Å². The maximum absolute atomic E-state index is 15.2. The Labute approximate surface area is 215 Å². The predicted molar refractivity (Wildman–Crippen MR) is 121 cm³/mol. The van der Waals surface area contributed by atoms with Crippen LogP contribution in [0.5, 0.6) is 5.75 Å². The lowest BCUT2D eigenvalue weighted by molar-refractivity contribution is -0.0497. The molecule has 2 saturated heterocycles. The van der Waals surface area contributed by atoms with Crippen molar-refractivity contribution in [2.24, 2.45) is 0 Å². The molecule has 1 aromatic heterocycles. The minimum atomic E-state index is -4.04. The number of nitrogens with one attached hydrogen (secondary N) is 1. The molecule has 2 aromatic carbocycles. The van der Waals surface area contributed by atoms with Crippen LogP contribution >= 0.6 is 0 Å². The van der Waals surface area contributed by atoms with Gasteiger partial charge in [-0.2, -0.15) is 8.78 Å². The van der Waals surface area contributed by atoms with Crippen LogP contribution < -0.4 is 14.4 Å². The Morgan fingerprint density at radius 1 is 1.15 bits per heavy atom. The van der Waals surface area contributed by atoms with Crippen molar-refractivity contribution in [2.75, 3.05) is 23.7 Å². The standard InChI is InChI=1S/C22H17F7N4O5S/c1-2-39(35,36)31-15-7-32-16(22(15,28)29)8-33(21(32)34)19-18-11(17-12(24)3-9(23)4-13(17)25)5-10(37-20(26)27)6-14(18)38-30-19/h3-6,15-16,20,31H,2,7-8H2,1H3/t15-,16-/m1/s1. The topological polar surface area (TPSA) is 105 Å².